The van der Waals surface area contributed by atoms with Gasteiger partial charge in [-0.2, -0.15) is 9.78 Å². The van der Waals surface area contributed by atoms with Crippen LogP contribution >= 0.6 is 23.4 Å². The quantitative estimate of drug-likeness (QED) is 0.180. The first-order valence-corrected chi connectivity index (χ1v) is 12.5. The lowest BCUT2D eigenvalue weighted by atomic mass is 10.2. The molecule has 0 radical (unpaired) electrons. The molecular weight excluding hydrogens is 502 g/mol. The zero-order valence-corrected chi connectivity index (χ0v) is 21.2. The fourth-order valence-electron chi connectivity index (χ4n) is 3.38. The first-order valence-electron chi connectivity index (χ1n) is 11.1. The minimum absolute atomic E-state index is 0.0239. The van der Waals surface area contributed by atoms with Gasteiger partial charge in [0.1, 0.15) is 0 Å². The number of carbonyl (C=O) groups excluding carboxylic acids is 1. The molecule has 13 heteroatoms. The van der Waals surface area contributed by atoms with E-state index >= 15 is 0 Å². The van der Waals surface area contributed by atoms with E-state index < -0.39 is 5.91 Å². The number of benzene rings is 2. The molecule has 0 aliphatic carbocycles. The Morgan fingerprint density at radius 1 is 1.17 bits per heavy atom. The van der Waals surface area contributed by atoms with Crippen molar-refractivity contribution in [3.8, 4) is 5.82 Å². The van der Waals surface area contributed by atoms with Crippen LogP contribution in [-0.4, -0.2) is 50.5 Å². The van der Waals surface area contributed by atoms with Crippen LogP contribution in [0.4, 0.5) is 11.5 Å². The van der Waals surface area contributed by atoms with Crippen molar-refractivity contribution in [2.45, 2.75) is 24.5 Å². The van der Waals surface area contributed by atoms with Gasteiger partial charge in [0.2, 0.25) is 11.6 Å². The van der Waals surface area contributed by atoms with Crippen molar-refractivity contribution >= 4 is 47.0 Å². The summed E-state index contributed by atoms with van der Waals surface area (Å²) in [6.45, 7) is 6.07. The number of aromatic nitrogens is 5. The lowest BCUT2D eigenvalue weighted by Gasteiger charge is -2.20. The lowest BCUT2D eigenvalue weighted by Crippen LogP contribution is -2.21. The van der Waals surface area contributed by atoms with Crippen LogP contribution in [0.1, 0.15) is 35.6 Å². The van der Waals surface area contributed by atoms with Crippen molar-refractivity contribution in [2.75, 3.05) is 23.7 Å². The minimum atomic E-state index is -0.529. The van der Waals surface area contributed by atoms with Crippen LogP contribution in [0.2, 0.25) is 5.02 Å². The highest BCUT2D eigenvalue weighted by Crippen LogP contribution is 2.27. The number of anilines is 2. The Kier molecular flexibility index (Phi) is 8.18. The van der Waals surface area contributed by atoms with Gasteiger partial charge in [-0.05, 0) is 66.1 Å². The number of nitrogen functional groups attached to an aromatic ring is 1. The molecule has 0 atom stereocenters. The molecule has 186 valence electrons. The van der Waals surface area contributed by atoms with Gasteiger partial charge < -0.3 is 10.6 Å². The number of amides is 1. The molecule has 0 spiro atoms. The molecule has 2 heterocycles. The average molecular weight is 526 g/mol. The number of carbonyl (C=O) groups is 1. The number of rotatable bonds is 10. The molecule has 11 nitrogen and oxygen atoms in total. The van der Waals surface area contributed by atoms with Gasteiger partial charge in [-0.1, -0.05) is 28.9 Å². The van der Waals surface area contributed by atoms with Crippen molar-refractivity contribution in [1.29, 1.82) is 0 Å². The number of halogens is 1. The van der Waals surface area contributed by atoms with Crippen molar-refractivity contribution in [1.82, 2.24) is 30.7 Å². The Morgan fingerprint density at radius 2 is 1.89 bits per heavy atom. The molecule has 4 rings (SSSR count). The third-order valence-electron chi connectivity index (χ3n) is 5.27. The normalized spacial score (nSPS) is 11.2. The Balaban J connectivity index is 1.51. The largest absolute Gasteiger partial charge is 0.378 e. The van der Waals surface area contributed by atoms with E-state index in [4.69, 9.17) is 17.3 Å². The molecular formula is C23H24ClN9O2S. The number of hydrazone groups is 1. The third kappa shape index (κ3) is 5.83. The SMILES string of the molecule is CCN(CC)c1ccc(/C=N/NC(=O)c2nnn(-c3nonc3N)c2CSc2ccc(Cl)cc2)cc1. The number of nitrogens with two attached hydrogens (primary N) is 1. The summed E-state index contributed by atoms with van der Waals surface area (Å²) in [4.78, 5) is 16.1. The van der Waals surface area contributed by atoms with Gasteiger partial charge in [0.15, 0.2) is 5.69 Å². The van der Waals surface area contributed by atoms with Crippen molar-refractivity contribution < 1.29 is 9.42 Å². The van der Waals surface area contributed by atoms with Crippen molar-refractivity contribution in [3.05, 3.63) is 70.5 Å². The van der Waals surface area contributed by atoms with Gasteiger partial charge in [0.05, 0.1) is 11.9 Å². The lowest BCUT2D eigenvalue weighted by molar-refractivity contribution is 0.0949. The molecule has 0 aliphatic rings. The predicted octanol–water partition coefficient (Wildman–Crippen LogP) is 3.79. The molecule has 0 unspecified atom stereocenters. The monoisotopic (exact) mass is 525 g/mol. The van der Waals surface area contributed by atoms with Gasteiger partial charge in [0.25, 0.3) is 5.91 Å². The maximum absolute atomic E-state index is 12.9. The predicted molar refractivity (Wildman–Crippen MR) is 140 cm³/mol. The maximum atomic E-state index is 12.9. The van der Waals surface area contributed by atoms with E-state index in [0.717, 1.165) is 29.2 Å². The van der Waals surface area contributed by atoms with Crippen LogP contribution in [0.3, 0.4) is 0 Å². The van der Waals surface area contributed by atoms with Crippen LogP contribution < -0.4 is 16.1 Å². The van der Waals surface area contributed by atoms with Crippen molar-refractivity contribution in [3.63, 3.8) is 0 Å². The molecule has 0 saturated carbocycles. The smallest absolute Gasteiger partial charge is 0.293 e. The number of nitrogens with zero attached hydrogens (tertiary/aromatic N) is 7. The van der Waals surface area contributed by atoms with E-state index in [1.54, 1.807) is 18.3 Å². The molecule has 0 bridgehead atoms. The Morgan fingerprint density at radius 3 is 2.53 bits per heavy atom. The zero-order chi connectivity index (χ0) is 25.5. The van der Waals surface area contributed by atoms with E-state index in [9.17, 15) is 4.79 Å². The minimum Gasteiger partial charge on any atom is -0.378 e. The summed E-state index contributed by atoms with van der Waals surface area (Å²) >= 11 is 7.44. The summed E-state index contributed by atoms with van der Waals surface area (Å²) in [5.41, 5.74) is 10.8. The number of nitrogens with one attached hydrogen (secondary N) is 1. The summed E-state index contributed by atoms with van der Waals surface area (Å²) in [5, 5.41) is 20.2. The number of hydrogen-bond donors (Lipinski definition) is 2. The highest BCUT2D eigenvalue weighted by atomic mass is 35.5. The summed E-state index contributed by atoms with van der Waals surface area (Å²) < 4.78 is 6.02. The van der Waals surface area contributed by atoms with Crippen LogP contribution in [0, 0.1) is 0 Å². The molecule has 0 aliphatic heterocycles. The molecule has 2 aromatic carbocycles. The fraction of sp³-hybridized carbons (Fsp3) is 0.217. The number of thioether (sulfide) groups is 1. The van der Waals surface area contributed by atoms with E-state index in [-0.39, 0.29) is 17.3 Å². The molecule has 0 fully saturated rings. The first-order chi connectivity index (χ1) is 17.5. The summed E-state index contributed by atoms with van der Waals surface area (Å²) in [5.74, 6) is -0.0277. The third-order valence-corrected chi connectivity index (χ3v) is 6.54. The van der Waals surface area contributed by atoms with Gasteiger partial charge in [-0.15, -0.1) is 16.9 Å². The highest BCUT2D eigenvalue weighted by Gasteiger charge is 2.24. The van der Waals surface area contributed by atoms with E-state index in [1.165, 1.54) is 16.4 Å². The highest BCUT2D eigenvalue weighted by molar-refractivity contribution is 7.98. The topological polar surface area (TPSA) is 140 Å². The van der Waals surface area contributed by atoms with E-state index in [0.29, 0.717) is 16.5 Å². The average Bonchev–Trinajstić information content (AvgIpc) is 3.51. The van der Waals surface area contributed by atoms with Crippen molar-refractivity contribution in [2.24, 2.45) is 5.10 Å². The fourth-order valence-corrected chi connectivity index (χ4v) is 4.39. The van der Waals surface area contributed by atoms with Crippen LogP contribution in [0.25, 0.3) is 5.82 Å². The second kappa shape index (κ2) is 11.7. The van der Waals surface area contributed by atoms with E-state index in [2.05, 4.69) is 54.5 Å². The second-order valence-corrected chi connectivity index (χ2v) is 8.96. The molecule has 2 aromatic heterocycles. The molecule has 4 aromatic rings. The first kappa shape index (κ1) is 25.2. The van der Waals surface area contributed by atoms with Gasteiger partial charge in [-0.25, -0.2) is 10.1 Å². The molecule has 36 heavy (non-hydrogen) atoms. The van der Waals surface area contributed by atoms with Gasteiger partial charge >= 0.3 is 0 Å². The Labute approximate surface area is 216 Å². The Hall–Kier alpha value is -3.90. The standard InChI is InChI=1S/C23H24ClN9O2S/c1-3-32(4-2)17-9-5-15(6-10-17)13-26-28-23(34)20-19(14-36-18-11-7-16(24)8-12-18)33(31-27-20)22-21(25)29-35-30-22/h5-13H,3-4,14H2,1-2H3,(H2,25,29)(H,28,34)/b26-13+. The summed E-state index contributed by atoms with van der Waals surface area (Å²) in [6.07, 6.45) is 1.57. The molecule has 3 N–H and O–H groups in total. The molecule has 0 saturated heterocycles. The summed E-state index contributed by atoms with van der Waals surface area (Å²) in [6, 6.07) is 15.2. The van der Waals surface area contributed by atoms with Crippen LogP contribution in [-0.2, 0) is 5.75 Å². The Bertz CT molecular complexity index is 1330. The van der Waals surface area contributed by atoms with Crippen LogP contribution in [0.15, 0.2) is 63.2 Å². The summed E-state index contributed by atoms with van der Waals surface area (Å²) in [7, 11) is 0. The van der Waals surface area contributed by atoms with Gasteiger partial charge in [0, 0.05) is 34.4 Å². The van der Waals surface area contributed by atoms with Crippen LogP contribution in [0.5, 0.6) is 0 Å². The zero-order valence-electron chi connectivity index (χ0n) is 19.6. The van der Waals surface area contributed by atoms with E-state index in [1.807, 2.05) is 36.4 Å². The second-order valence-electron chi connectivity index (χ2n) is 7.48. The van der Waals surface area contributed by atoms with Gasteiger partial charge in [-0.3, -0.25) is 4.79 Å². The maximum Gasteiger partial charge on any atom is 0.293 e. The molecule has 1 amide bonds. The number of hydrogen-bond acceptors (Lipinski definition) is 10.